The second kappa shape index (κ2) is 6.31. The Bertz CT molecular complexity index is 644. The number of esters is 1. The van der Waals surface area contributed by atoms with Crippen LogP contribution in [-0.2, 0) is 29.0 Å². The molecule has 2 rings (SSSR count). The van der Waals surface area contributed by atoms with Gasteiger partial charge in [-0.15, -0.1) is 0 Å². The predicted octanol–water partition coefficient (Wildman–Crippen LogP) is -5.03. The van der Waals surface area contributed by atoms with E-state index in [1.165, 1.54) is 0 Å². The summed E-state index contributed by atoms with van der Waals surface area (Å²) in [6.45, 7) is 2.84. The van der Waals surface area contributed by atoms with E-state index in [0.29, 0.717) is 0 Å². The largest absolute Gasteiger partial charge is 1.00 e. The molecule has 0 spiro atoms. The Morgan fingerprint density at radius 3 is 2.55 bits per heavy atom. The summed E-state index contributed by atoms with van der Waals surface area (Å²) in [6.07, 6.45) is 1.58. The standard InChI is InChI=1S/C12H15NO7S.Na/c1-3-20-9(15)4-5-12(2)10(11(16)17)13-7(14)6-8(13)21(12,18)19;/h4-5,8,10H,3,6H2,1-2H3,(H,16,17);/q;+1/p-1/b5-4+;/t8-,10+,12+;/m1./s1. The van der Waals surface area contributed by atoms with E-state index in [-0.39, 0.29) is 42.6 Å². The molecule has 116 valence electrons. The number of hydrogen-bond acceptors (Lipinski definition) is 7. The van der Waals surface area contributed by atoms with Gasteiger partial charge in [0.15, 0.2) is 9.84 Å². The van der Waals surface area contributed by atoms with Crippen molar-refractivity contribution in [2.24, 2.45) is 0 Å². The zero-order valence-corrected chi connectivity index (χ0v) is 15.3. The molecule has 0 saturated carbocycles. The molecule has 0 unspecified atom stereocenters. The van der Waals surface area contributed by atoms with Crippen LogP contribution in [-0.4, -0.2) is 53.9 Å². The molecule has 2 aliphatic rings. The first-order valence-corrected chi connectivity index (χ1v) is 7.83. The molecule has 3 atom stereocenters. The minimum atomic E-state index is -3.98. The van der Waals surface area contributed by atoms with Crippen LogP contribution in [0.5, 0.6) is 0 Å². The van der Waals surface area contributed by atoms with E-state index in [0.717, 1.165) is 24.0 Å². The summed E-state index contributed by atoms with van der Waals surface area (Å²) in [6, 6.07) is -1.65. The van der Waals surface area contributed by atoms with Gasteiger partial charge in [0.1, 0.15) is 10.1 Å². The maximum atomic E-state index is 12.4. The molecule has 2 fully saturated rings. The third-order valence-electron chi connectivity index (χ3n) is 3.80. The van der Waals surface area contributed by atoms with Gasteiger partial charge in [0.25, 0.3) is 0 Å². The average molecular weight is 339 g/mol. The summed E-state index contributed by atoms with van der Waals surface area (Å²) in [5, 5.41) is 10.1. The van der Waals surface area contributed by atoms with Crippen molar-refractivity contribution in [2.75, 3.05) is 6.61 Å². The SMILES string of the molecule is CCOC(=O)/C=C/[C@@]1(C)[C@H](C(=O)[O-])N2C(=O)C[C@H]2S1(=O)=O.[Na+]. The molecule has 22 heavy (non-hydrogen) atoms. The van der Waals surface area contributed by atoms with E-state index in [1.54, 1.807) is 6.92 Å². The van der Waals surface area contributed by atoms with Crippen molar-refractivity contribution in [2.45, 2.75) is 36.4 Å². The van der Waals surface area contributed by atoms with Crippen LogP contribution >= 0.6 is 0 Å². The molecular formula is C12H14NNaO7S. The summed E-state index contributed by atoms with van der Waals surface area (Å²) >= 11 is 0. The van der Waals surface area contributed by atoms with Crippen LogP contribution < -0.4 is 34.7 Å². The molecular weight excluding hydrogens is 325 g/mol. The molecule has 2 heterocycles. The number of carboxylic acids is 1. The number of sulfone groups is 1. The van der Waals surface area contributed by atoms with Gasteiger partial charge >= 0.3 is 35.5 Å². The van der Waals surface area contributed by atoms with Gasteiger partial charge < -0.3 is 19.5 Å². The summed E-state index contributed by atoms with van der Waals surface area (Å²) in [7, 11) is -3.98. The maximum absolute atomic E-state index is 12.4. The van der Waals surface area contributed by atoms with Crippen molar-refractivity contribution in [1.29, 1.82) is 0 Å². The van der Waals surface area contributed by atoms with Crippen molar-refractivity contribution in [1.82, 2.24) is 4.90 Å². The van der Waals surface area contributed by atoms with Crippen molar-refractivity contribution in [3.8, 4) is 0 Å². The number of β-lactam (4-membered cyclic amide) rings is 1. The molecule has 1 amide bonds. The third kappa shape index (κ3) is 2.60. The van der Waals surface area contributed by atoms with Gasteiger partial charge in [0, 0.05) is 6.08 Å². The summed E-state index contributed by atoms with van der Waals surface area (Å²) in [5.74, 6) is -3.03. The quantitative estimate of drug-likeness (QED) is 0.217. The number of carbonyl (C=O) groups is 3. The van der Waals surface area contributed by atoms with Gasteiger partial charge in [-0.3, -0.25) is 4.79 Å². The number of aliphatic carboxylic acids is 1. The third-order valence-corrected chi connectivity index (χ3v) is 6.50. The molecule has 0 radical (unpaired) electrons. The minimum Gasteiger partial charge on any atom is -0.548 e. The van der Waals surface area contributed by atoms with Crippen LogP contribution in [0.4, 0.5) is 0 Å². The Kier molecular flexibility index (Phi) is 5.49. The fourth-order valence-electron chi connectivity index (χ4n) is 2.65. The fourth-order valence-corrected chi connectivity index (χ4v) is 4.92. The molecule has 0 bridgehead atoms. The molecule has 0 aromatic heterocycles. The second-order valence-corrected chi connectivity index (χ2v) is 7.51. The van der Waals surface area contributed by atoms with E-state index in [9.17, 15) is 27.9 Å². The van der Waals surface area contributed by atoms with Crippen LogP contribution in [0.2, 0.25) is 0 Å². The first-order chi connectivity index (χ1) is 9.66. The number of hydrogen-bond donors (Lipinski definition) is 0. The smallest absolute Gasteiger partial charge is 0.548 e. The van der Waals surface area contributed by atoms with Crippen LogP contribution in [0.25, 0.3) is 0 Å². The van der Waals surface area contributed by atoms with Gasteiger partial charge in [-0.25, -0.2) is 13.2 Å². The van der Waals surface area contributed by atoms with E-state index >= 15 is 0 Å². The van der Waals surface area contributed by atoms with E-state index < -0.39 is 43.8 Å². The van der Waals surface area contributed by atoms with Gasteiger partial charge in [-0.05, 0) is 13.8 Å². The number of ether oxygens (including phenoxy) is 1. The molecule has 0 aromatic rings. The van der Waals surface area contributed by atoms with Crippen molar-refractivity contribution >= 4 is 27.7 Å². The van der Waals surface area contributed by atoms with E-state index in [4.69, 9.17) is 0 Å². The van der Waals surface area contributed by atoms with Crippen LogP contribution in [0.15, 0.2) is 12.2 Å². The normalized spacial score (nSPS) is 32.1. The number of fused-ring (bicyclic) bond motifs is 1. The van der Waals surface area contributed by atoms with Gasteiger partial charge in [0.2, 0.25) is 5.91 Å². The second-order valence-electron chi connectivity index (χ2n) is 5.00. The molecule has 0 N–H and O–H groups in total. The van der Waals surface area contributed by atoms with Gasteiger partial charge in [-0.1, -0.05) is 6.08 Å². The molecule has 0 aliphatic carbocycles. The number of rotatable bonds is 4. The van der Waals surface area contributed by atoms with Gasteiger partial charge in [0.05, 0.1) is 25.0 Å². The number of carbonyl (C=O) groups excluding carboxylic acids is 3. The molecule has 8 nitrogen and oxygen atoms in total. The first kappa shape index (κ1) is 19.1. The first-order valence-electron chi connectivity index (χ1n) is 6.28. The predicted molar refractivity (Wildman–Crippen MR) is 67.1 cm³/mol. The zero-order valence-electron chi connectivity index (χ0n) is 12.4. The number of carboxylic acid groups (broad SMARTS) is 1. The average Bonchev–Trinajstić information content (AvgIpc) is 2.52. The Hall–Kier alpha value is -0.900. The fraction of sp³-hybridized carbons (Fsp3) is 0.583. The monoisotopic (exact) mass is 339 g/mol. The zero-order chi connectivity index (χ0) is 16.0. The molecule has 2 aliphatic heterocycles. The van der Waals surface area contributed by atoms with Gasteiger partial charge in [-0.2, -0.15) is 0 Å². The van der Waals surface area contributed by atoms with E-state index in [2.05, 4.69) is 4.74 Å². The van der Waals surface area contributed by atoms with Crippen LogP contribution in [0.1, 0.15) is 20.3 Å². The Morgan fingerprint density at radius 2 is 2.09 bits per heavy atom. The molecule has 10 heteroatoms. The van der Waals surface area contributed by atoms with Crippen molar-refractivity contribution in [3.05, 3.63) is 12.2 Å². The van der Waals surface area contributed by atoms with E-state index in [1.807, 2.05) is 0 Å². The summed E-state index contributed by atoms with van der Waals surface area (Å²) < 4.78 is 27.6. The van der Waals surface area contributed by atoms with Crippen LogP contribution in [0.3, 0.4) is 0 Å². The Labute approximate surface area is 149 Å². The Morgan fingerprint density at radius 1 is 1.50 bits per heavy atom. The van der Waals surface area contributed by atoms with Crippen molar-refractivity contribution < 1.29 is 62.2 Å². The molecule has 2 saturated heterocycles. The minimum absolute atomic E-state index is 0. The Balaban J connectivity index is 0.00000242. The summed E-state index contributed by atoms with van der Waals surface area (Å²) in [5.41, 5.74) is 0. The topological polar surface area (TPSA) is 121 Å². The van der Waals surface area contributed by atoms with Crippen LogP contribution in [0, 0.1) is 0 Å². The maximum Gasteiger partial charge on any atom is 1.00 e. The van der Waals surface area contributed by atoms with Crippen molar-refractivity contribution in [3.63, 3.8) is 0 Å². The molecule has 0 aromatic carbocycles. The summed E-state index contributed by atoms with van der Waals surface area (Å²) in [4.78, 5) is 34.9. The number of nitrogens with zero attached hydrogens (tertiary/aromatic N) is 1. The number of amides is 1.